The summed E-state index contributed by atoms with van der Waals surface area (Å²) < 4.78 is 5.10. The highest BCUT2D eigenvalue weighted by Gasteiger charge is 2.05. The second-order valence-corrected chi connectivity index (χ2v) is 2.50. The summed E-state index contributed by atoms with van der Waals surface area (Å²) in [4.78, 5) is 10.7. The van der Waals surface area contributed by atoms with Gasteiger partial charge in [0.15, 0.2) is 0 Å². The minimum absolute atomic E-state index is 0.159. The van der Waals surface area contributed by atoms with Crippen molar-refractivity contribution >= 4 is 5.78 Å². The van der Waals surface area contributed by atoms with Crippen molar-refractivity contribution in [1.29, 1.82) is 0 Å². The monoisotopic (exact) mass is 144 g/mol. The Morgan fingerprint density at radius 1 is 1.60 bits per heavy atom. The number of hydrogen-bond donors (Lipinski definition) is 0. The van der Waals surface area contributed by atoms with E-state index in [9.17, 15) is 4.79 Å². The molecule has 0 bridgehead atoms. The second-order valence-electron chi connectivity index (χ2n) is 2.50. The number of rotatable bonds is 5. The SMILES string of the molecule is CCOCCC(C)C(C)=O. The Morgan fingerprint density at radius 3 is 2.60 bits per heavy atom. The standard InChI is InChI=1S/C8H16O2/c1-4-10-6-5-7(2)8(3)9/h7H,4-6H2,1-3H3. The van der Waals surface area contributed by atoms with Gasteiger partial charge in [-0.2, -0.15) is 0 Å². The van der Waals surface area contributed by atoms with E-state index in [0.717, 1.165) is 13.0 Å². The molecule has 1 unspecified atom stereocenters. The van der Waals surface area contributed by atoms with Gasteiger partial charge in [0.1, 0.15) is 5.78 Å². The molecule has 10 heavy (non-hydrogen) atoms. The predicted octanol–water partition coefficient (Wildman–Crippen LogP) is 1.64. The van der Waals surface area contributed by atoms with Gasteiger partial charge in [-0.15, -0.1) is 0 Å². The average Bonchev–Trinajstić information content (AvgIpc) is 1.88. The number of carbonyl (C=O) groups excluding carboxylic acids is 1. The molecule has 0 amide bonds. The molecule has 0 saturated carbocycles. The number of carbonyl (C=O) groups is 1. The molecule has 0 spiro atoms. The van der Waals surface area contributed by atoms with Crippen LogP contribution in [0, 0.1) is 5.92 Å². The molecule has 0 aliphatic rings. The van der Waals surface area contributed by atoms with Crippen LogP contribution in [0.4, 0.5) is 0 Å². The molecule has 0 rings (SSSR count). The molecule has 0 aromatic carbocycles. The lowest BCUT2D eigenvalue weighted by molar-refractivity contribution is -0.120. The maximum atomic E-state index is 10.7. The Bertz CT molecular complexity index is 99.4. The predicted molar refractivity (Wildman–Crippen MR) is 41.0 cm³/mol. The smallest absolute Gasteiger partial charge is 0.132 e. The fourth-order valence-electron chi connectivity index (χ4n) is 0.608. The molecule has 0 aromatic heterocycles. The molecule has 0 heterocycles. The minimum atomic E-state index is 0.159. The van der Waals surface area contributed by atoms with Gasteiger partial charge < -0.3 is 4.74 Å². The van der Waals surface area contributed by atoms with Crippen LogP contribution in [-0.4, -0.2) is 19.0 Å². The number of Topliss-reactive ketones (excluding diaryl/α,β-unsaturated/α-hetero) is 1. The Morgan fingerprint density at radius 2 is 2.20 bits per heavy atom. The van der Waals surface area contributed by atoms with Crippen LogP contribution >= 0.6 is 0 Å². The van der Waals surface area contributed by atoms with Crippen molar-refractivity contribution in [2.75, 3.05) is 13.2 Å². The van der Waals surface area contributed by atoms with Crippen LogP contribution in [0.5, 0.6) is 0 Å². The molecular formula is C8H16O2. The van der Waals surface area contributed by atoms with Crippen LogP contribution < -0.4 is 0 Å². The third-order valence-electron chi connectivity index (χ3n) is 1.59. The molecule has 0 fully saturated rings. The van der Waals surface area contributed by atoms with E-state index in [2.05, 4.69) is 0 Å². The molecule has 0 aliphatic carbocycles. The molecular weight excluding hydrogens is 128 g/mol. The van der Waals surface area contributed by atoms with Crippen LogP contribution in [0.25, 0.3) is 0 Å². The van der Waals surface area contributed by atoms with Gasteiger partial charge in [0, 0.05) is 19.1 Å². The van der Waals surface area contributed by atoms with Gasteiger partial charge in [-0.25, -0.2) is 0 Å². The van der Waals surface area contributed by atoms with Gasteiger partial charge in [-0.05, 0) is 20.3 Å². The van der Waals surface area contributed by atoms with Crippen LogP contribution in [0.2, 0.25) is 0 Å². The third-order valence-corrected chi connectivity index (χ3v) is 1.59. The van der Waals surface area contributed by atoms with Gasteiger partial charge in [0.2, 0.25) is 0 Å². The normalized spacial score (nSPS) is 13.1. The van der Waals surface area contributed by atoms with Crippen molar-refractivity contribution in [3.05, 3.63) is 0 Å². The Balaban J connectivity index is 3.21. The first-order valence-electron chi connectivity index (χ1n) is 3.76. The zero-order valence-electron chi connectivity index (χ0n) is 7.02. The van der Waals surface area contributed by atoms with Gasteiger partial charge in [0.05, 0.1) is 0 Å². The fourth-order valence-corrected chi connectivity index (χ4v) is 0.608. The molecule has 0 N–H and O–H groups in total. The topological polar surface area (TPSA) is 26.3 Å². The summed E-state index contributed by atoms with van der Waals surface area (Å²) in [5.74, 6) is 0.409. The van der Waals surface area contributed by atoms with Crippen molar-refractivity contribution < 1.29 is 9.53 Å². The first-order valence-corrected chi connectivity index (χ1v) is 3.76. The molecule has 0 saturated heterocycles. The lowest BCUT2D eigenvalue weighted by Gasteiger charge is -2.05. The van der Waals surface area contributed by atoms with E-state index in [4.69, 9.17) is 4.74 Å². The Kier molecular flexibility index (Phi) is 5.22. The number of ether oxygens (including phenoxy) is 1. The van der Waals surface area contributed by atoms with Crippen LogP contribution in [-0.2, 0) is 9.53 Å². The van der Waals surface area contributed by atoms with Gasteiger partial charge in [-0.3, -0.25) is 4.79 Å². The Labute approximate surface area is 62.6 Å². The summed E-state index contributed by atoms with van der Waals surface area (Å²) in [6, 6.07) is 0. The average molecular weight is 144 g/mol. The van der Waals surface area contributed by atoms with Crippen LogP contribution in [0.1, 0.15) is 27.2 Å². The van der Waals surface area contributed by atoms with E-state index in [1.165, 1.54) is 0 Å². The number of hydrogen-bond acceptors (Lipinski definition) is 2. The molecule has 0 aromatic rings. The van der Waals surface area contributed by atoms with Crippen LogP contribution in [0.3, 0.4) is 0 Å². The van der Waals surface area contributed by atoms with E-state index >= 15 is 0 Å². The van der Waals surface area contributed by atoms with E-state index < -0.39 is 0 Å². The second kappa shape index (κ2) is 5.42. The lowest BCUT2D eigenvalue weighted by Crippen LogP contribution is -2.09. The van der Waals surface area contributed by atoms with E-state index in [-0.39, 0.29) is 11.7 Å². The first kappa shape index (κ1) is 9.63. The molecule has 2 heteroatoms. The largest absolute Gasteiger partial charge is 0.382 e. The number of ketones is 1. The summed E-state index contributed by atoms with van der Waals surface area (Å²) >= 11 is 0. The van der Waals surface area contributed by atoms with Crippen molar-refractivity contribution in [3.63, 3.8) is 0 Å². The van der Waals surface area contributed by atoms with E-state index in [1.807, 2.05) is 13.8 Å². The highest BCUT2D eigenvalue weighted by Crippen LogP contribution is 2.02. The zero-order valence-corrected chi connectivity index (χ0v) is 7.02. The third kappa shape index (κ3) is 4.50. The minimum Gasteiger partial charge on any atom is -0.382 e. The Hall–Kier alpha value is -0.370. The van der Waals surface area contributed by atoms with Crippen molar-refractivity contribution in [2.45, 2.75) is 27.2 Å². The van der Waals surface area contributed by atoms with E-state index in [0.29, 0.717) is 6.61 Å². The van der Waals surface area contributed by atoms with Crippen molar-refractivity contribution in [2.24, 2.45) is 5.92 Å². The van der Waals surface area contributed by atoms with Crippen LogP contribution in [0.15, 0.2) is 0 Å². The molecule has 1 atom stereocenters. The van der Waals surface area contributed by atoms with Gasteiger partial charge in [-0.1, -0.05) is 6.92 Å². The first-order chi connectivity index (χ1) is 4.68. The molecule has 0 radical (unpaired) electrons. The quantitative estimate of drug-likeness (QED) is 0.548. The highest BCUT2D eigenvalue weighted by atomic mass is 16.5. The fraction of sp³-hybridized carbons (Fsp3) is 0.875. The lowest BCUT2D eigenvalue weighted by atomic mass is 10.1. The maximum absolute atomic E-state index is 10.7. The highest BCUT2D eigenvalue weighted by molar-refractivity contribution is 5.77. The van der Waals surface area contributed by atoms with E-state index in [1.54, 1.807) is 6.92 Å². The maximum Gasteiger partial charge on any atom is 0.132 e. The summed E-state index contributed by atoms with van der Waals surface area (Å²) in [7, 11) is 0. The summed E-state index contributed by atoms with van der Waals surface area (Å²) in [6.07, 6.45) is 0.850. The van der Waals surface area contributed by atoms with Gasteiger partial charge >= 0.3 is 0 Å². The molecule has 60 valence electrons. The zero-order chi connectivity index (χ0) is 7.98. The summed E-state index contributed by atoms with van der Waals surface area (Å²) in [5, 5.41) is 0. The van der Waals surface area contributed by atoms with Crippen molar-refractivity contribution in [3.8, 4) is 0 Å². The van der Waals surface area contributed by atoms with Crippen molar-refractivity contribution in [1.82, 2.24) is 0 Å². The summed E-state index contributed by atoms with van der Waals surface area (Å²) in [6.45, 7) is 6.96. The van der Waals surface area contributed by atoms with Gasteiger partial charge in [0.25, 0.3) is 0 Å². The summed E-state index contributed by atoms with van der Waals surface area (Å²) in [5.41, 5.74) is 0. The molecule has 0 aliphatic heterocycles. The molecule has 2 nitrogen and oxygen atoms in total.